The fourth-order valence-electron chi connectivity index (χ4n) is 1.94. The SMILES string of the molecule is CC(C)C(=O)N1CCC[C@@H]1C(=O)NCC(F)(F)F. The molecule has 1 saturated heterocycles. The van der Waals surface area contributed by atoms with E-state index in [-0.39, 0.29) is 11.8 Å². The number of hydrogen-bond acceptors (Lipinski definition) is 2. The minimum atomic E-state index is -4.43. The third-order valence-electron chi connectivity index (χ3n) is 2.80. The van der Waals surface area contributed by atoms with Crippen LogP contribution in [0.3, 0.4) is 0 Å². The van der Waals surface area contributed by atoms with Crippen molar-refractivity contribution in [1.82, 2.24) is 10.2 Å². The van der Waals surface area contributed by atoms with Gasteiger partial charge in [-0.3, -0.25) is 9.59 Å². The topological polar surface area (TPSA) is 49.4 Å². The molecule has 1 heterocycles. The molecule has 1 aliphatic heterocycles. The molecule has 1 aliphatic rings. The van der Waals surface area contributed by atoms with Crippen molar-refractivity contribution in [2.75, 3.05) is 13.1 Å². The second kappa shape index (κ2) is 5.58. The molecule has 4 nitrogen and oxygen atoms in total. The van der Waals surface area contributed by atoms with Crippen LogP contribution in [-0.4, -0.2) is 42.0 Å². The van der Waals surface area contributed by atoms with Gasteiger partial charge in [0.05, 0.1) is 0 Å². The number of carbonyl (C=O) groups is 2. The molecule has 2 amide bonds. The number of carbonyl (C=O) groups excluding carboxylic acids is 2. The lowest BCUT2D eigenvalue weighted by Gasteiger charge is -2.25. The molecule has 0 aliphatic carbocycles. The summed E-state index contributed by atoms with van der Waals surface area (Å²) in [5.41, 5.74) is 0. The monoisotopic (exact) mass is 266 g/mol. The number of halogens is 3. The van der Waals surface area contributed by atoms with Gasteiger partial charge in [-0.25, -0.2) is 0 Å². The third-order valence-corrected chi connectivity index (χ3v) is 2.80. The van der Waals surface area contributed by atoms with E-state index in [4.69, 9.17) is 0 Å². The Hall–Kier alpha value is -1.27. The summed E-state index contributed by atoms with van der Waals surface area (Å²) in [6.07, 6.45) is -3.37. The highest BCUT2D eigenvalue weighted by Crippen LogP contribution is 2.20. The molecule has 1 rings (SSSR count). The largest absolute Gasteiger partial charge is 0.405 e. The highest BCUT2D eigenvalue weighted by molar-refractivity contribution is 5.88. The zero-order chi connectivity index (χ0) is 13.9. The quantitative estimate of drug-likeness (QED) is 0.837. The lowest BCUT2D eigenvalue weighted by Crippen LogP contribution is -2.48. The number of alkyl halides is 3. The summed E-state index contributed by atoms with van der Waals surface area (Å²) in [5, 5.41) is 1.83. The summed E-state index contributed by atoms with van der Waals surface area (Å²) in [6.45, 7) is 2.48. The zero-order valence-corrected chi connectivity index (χ0v) is 10.4. The molecule has 104 valence electrons. The average molecular weight is 266 g/mol. The highest BCUT2D eigenvalue weighted by atomic mass is 19.4. The van der Waals surface area contributed by atoms with E-state index < -0.39 is 24.7 Å². The van der Waals surface area contributed by atoms with Gasteiger partial charge in [0.2, 0.25) is 11.8 Å². The number of likely N-dealkylation sites (tertiary alicyclic amines) is 1. The molecule has 0 spiro atoms. The number of nitrogens with zero attached hydrogens (tertiary/aromatic N) is 1. The van der Waals surface area contributed by atoms with Gasteiger partial charge in [0.1, 0.15) is 12.6 Å². The van der Waals surface area contributed by atoms with Gasteiger partial charge in [-0.2, -0.15) is 13.2 Å². The lowest BCUT2D eigenvalue weighted by molar-refractivity contribution is -0.145. The first-order valence-corrected chi connectivity index (χ1v) is 5.87. The summed E-state index contributed by atoms with van der Waals surface area (Å²) >= 11 is 0. The molecule has 7 heteroatoms. The average Bonchev–Trinajstić information content (AvgIpc) is 2.72. The molecular weight excluding hydrogens is 249 g/mol. The Morgan fingerprint density at radius 1 is 1.39 bits per heavy atom. The summed E-state index contributed by atoms with van der Waals surface area (Å²) < 4.78 is 36.0. The number of nitrogens with one attached hydrogen (secondary N) is 1. The summed E-state index contributed by atoms with van der Waals surface area (Å²) in [6, 6.07) is -0.762. The summed E-state index contributed by atoms with van der Waals surface area (Å²) in [5.74, 6) is -1.18. The van der Waals surface area contributed by atoms with Gasteiger partial charge in [0, 0.05) is 12.5 Å². The van der Waals surface area contributed by atoms with E-state index in [1.54, 1.807) is 13.8 Å². The van der Waals surface area contributed by atoms with Crippen LogP contribution in [0.25, 0.3) is 0 Å². The van der Waals surface area contributed by atoms with E-state index in [1.807, 2.05) is 5.32 Å². The van der Waals surface area contributed by atoms with Gasteiger partial charge in [0.25, 0.3) is 0 Å². The molecular formula is C11H17F3N2O2. The first kappa shape index (κ1) is 14.8. The fraction of sp³-hybridized carbons (Fsp3) is 0.818. The second-order valence-corrected chi connectivity index (χ2v) is 4.68. The predicted molar refractivity (Wildman–Crippen MR) is 58.6 cm³/mol. The van der Waals surface area contributed by atoms with Crippen LogP contribution in [0.5, 0.6) is 0 Å². The molecule has 1 fully saturated rings. The Kier molecular flexibility index (Phi) is 4.59. The summed E-state index contributed by atoms with van der Waals surface area (Å²) in [4.78, 5) is 24.8. The van der Waals surface area contributed by atoms with Crippen molar-refractivity contribution in [3.63, 3.8) is 0 Å². The van der Waals surface area contributed by atoms with E-state index in [2.05, 4.69) is 0 Å². The Morgan fingerprint density at radius 2 is 2.00 bits per heavy atom. The van der Waals surface area contributed by atoms with Crippen LogP contribution in [0.1, 0.15) is 26.7 Å². The van der Waals surface area contributed by atoms with Crippen LogP contribution >= 0.6 is 0 Å². The van der Waals surface area contributed by atoms with E-state index in [0.29, 0.717) is 19.4 Å². The van der Waals surface area contributed by atoms with Gasteiger partial charge in [-0.05, 0) is 12.8 Å². The third kappa shape index (κ3) is 3.89. The normalized spacial score (nSPS) is 20.3. The van der Waals surface area contributed by atoms with Crippen LogP contribution < -0.4 is 5.32 Å². The zero-order valence-electron chi connectivity index (χ0n) is 10.4. The van der Waals surface area contributed by atoms with Crippen LogP contribution in [0, 0.1) is 5.92 Å². The number of rotatable bonds is 3. The van der Waals surface area contributed by atoms with E-state index in [0.717, 1.165) is 0 Å². The molecule has 0 unspecified atom stereocenters. The predicted octanol–water partition coefficient (Wildman–Crippen LogP) is 1.31. The van der Waals surface area contributed by atoms with Crippen molar-refractivity contribution in [3.8, 4) is 0 Å². The maximum atomic E-state index is 12.0. The van der Waals surface area contributed by atoms with Crippen LogP contribution in [0.15, 0.2) is 0 Å². The van der Waals surface area contributed by atoms with Gasteiger partial charge in [0.15, 0.2) is 0 Å². The molecule has 18 heavy (non-hydrogen) atoms. The Labute approximate surface area is 104 Å². The molecule has 1 atom stereocenters. The molecule has 0 aromatic heterocycles. The van der Waals surface area contributed by atoms with Crippen molar-refractivity contribution in [1.29, 1.82) is 0 Å². The number of amides is 2. The minimum Gasteiger partial charge on any atom is -0.345 e. The summed E-state index contributed by atoms with van der Waals surface area (Å²) in [7, 11) is 0. The van der Waals surface area contributed by atoms with Crippen molar-refractivity contribution < 1.29 is 22.8 Å². The van der Waals surface area contributed by atoms with Crippen molar-refractivity contribution >= 4 is 11.8 Å². The lowest BCUT2D eigenvalue weighted by atomic mass is 10.1. The van der Waals surface area contributed by atoms with Crippen molar-refractivity contribution in [2.45, 2.75) is 38.9 Å². The molecule has 1 N–H and O–H groups in total. The standard InChI is InChI=1S/C11H17F3N2O2/c1-7(2)10(18)16-5-3-4-8(16)9(17)15-6-11(12,13)14/h7-8H,3-6H2,1-2H3,(H,15,17)/t8-/m1/s1. The van der Waals surface area contributed by atoms with Crippen molar-refractivity contribution in [3.05, 3.63) is 0 Å². The van der Waals surface area contributed by atoms with E-state index in [9.17, 15) is 22.8 Å². The Bertz CT molecular complexity index is 329. The number of hydrogen-bond donors (Lipinski definition) is 1. The first-order chi connectivity index (χ1) is 8.22. The molecule has 0 saturated carbocycles. The van der Waals surface area contributed by atoms with Crippen LogP contribution in [-0.2, 0) is 9.59 Å². The minimum absolute atomic E-state index is 0.195. The van der Waals surface area contributed by atoms with Gasteiger partial charge in [-0.15, -0.1) is 0 Å². The van der Waals surface area contributed by atoms with Crippen LogP contribution in [0.2, 0.25) is 0 Å². The molecule has 0 radical (unpaired) electrons. The highest BCUT2D eigenvalue weighted by Gasteiger charge is 2.36. The van der Waals surface area contributed by atoms with Crippen LogP contribution in [0.4, 0.5) is 13.2 Å². The van der Waals surface area contributed by atoms with E-state index in [1.165, 1.54) is 4.90 Å². The second-order valence-electron chi connectivity index (χ2n) is 4.68. The van der Waals surface area contributed by atoms with Gasteiger partial charge >= 0.3 is 6.18 Å². The maximum absolute atomic E-state index is 12.0. The maximum Gasteiger partial charge on any atom is 0.405 e. The Balaban J connectivity index is 2.59. The fourth-order valence-corrected chi connectivity index (χ4v) is 1.94. The molecule has 0 aromatic rings. The Morgan fingerprint density at radius 3 is 2.50 bits per heavy atom. The van der Waals surface area contributed by atoms with E-state index >= 15 is 0 Å². The first-order valence-electron chi connectivity index (χ1n) is 5.87. The molecule has 0 aromatic carbocycles. The smallest absolute Gasteiger partial charge is 0.345 e. The van der Waals surface area contributed by atoms with Gasteiger partial charge in [-0.1, -0.05) is 13.8 Å². The molecule has 0 bridgehead atoms. The van der Waals surface area contributed by atoms with Crippen molar-refractivity contribution in [2.24, 2.45) is 5.92 Å². The van der Waals surface area contributed by atoms with Gasteiger partial charge < -0.3 is 10.2 Å².